The summed E-state index contributed by atoms with van der Waals surface area (Å²) in [7, 11) is 0. The maximum atomic E-state index is 12.7. The molecule has 29 heavy (non-hydrogen) atoms. The minimum Gasteiger partial charge on any atom is -0.347 e. The molecule has 0 radical (unpaired) electrons. The van der Waals surface area contributed by atoms with Gasteiger partial charge in [0.2, 0.25) is 0 Å². The highest BCUT2D eigenvalue weighted by Crippen LogP contribution is 2.16. The summed E-state index contributed by atoms with van der Waals surface area (Å²) in [6.45, 7) is 7.42. The highest BCUT2D eigenvalue weighted by molar-refractivity contribution is 6.30. The van der Waals surface area contributed by atoms with Gasteiger partial charge in [0.1, 0.15) is 0 Å². The average molecular weight is 412 g/mol. The third-order valence-electron chi connectivity index (χ3n) is 3.91. The molecule has 7 nitrogen and oxygen atoms in total. The minimum absolute atomic E-state index is 0.189. The van der Waals surface area contributed by atoms with E-state index in [2.05, 4.69) is 20.8 Å². The maximum Gasteiger partial charge on any atom is 0.278 e. The molecule has 2 N–H and O–H groups in total. The van der Waals surface area contributed by atoms with E-state index in [1.54, 1.807) is 55.5 Å². The van der Waals surface area contributed by atoms with Gasteiger partial charge in [0, 0.05) is 21.8 Å². The fourth-order valence-electron chi connectivity index (χ4n) is 2.65. The number of benzene rings is 2. The van der Waals surface area contributed by atoms with Crippen LogP contribution in [0, 0.1) is 6.92 Å². The van der Waals surface area contributed by atoms with E-state index in [-0.39, 0.29) is 17.1 Å². The quantitative estimate of drug-likeness (QED) is 0.678. The zero-order chi connectivity index (χ0) is 21.2. The van der Waals surface area contributed by atoms with Gasteiger partial charge in [-0.2, -0.15) is 9.90 Å². The minimum atomic E-state index is -0.413. The Bertz CT molecular complexity index is 1070. The van der Waals surface area contributed by atoms with Gasteiger partial charge in [-0.3, -0.25) is 9.59 Å². The third-order valence-corrected chi connectivity index (χ3v) is 4.14. The molecule has 0 aliphatic rings. The average Bonchev–Trinajstić information content (AvgIpc) is 3.02. The molecular formula is C21H22ClN5O2. The van der Waals surface area contributed by atoms with E-state index in [1.807, 2.05) is 20.8 Å². The Labute approximate surface area is 174 Å². The summed E-state index contributed by atoms with van der Waals surface area (Å²) in [6.07, 6.45) is 0. The number of hydrogen-bond acceptors (Lipinski definition) is 4. The predicted octanol–water partition coefficient (Wildman–Crippen LogP) is 4.01. The lowest BCUT2D eigenvalue weighted by Crippen LogP contribution is -2.40. The first kappa shape index (κ1) is 20.5. The molecule has 2 amide bonds. The molecule has 3 rings (SSSR count). The van der Waals surface area contributed by atoms with Crippen LogP contribution >= 0.6 is 11.6 Å². The molecule has 0 fully saturated rings. The Balaban J connectivity index is 1.79. The molecule has 0 aliphatic carbocycles. The van der Waals surface area contributed by atoms with Crippen molar-refractivity contribution in [2.45, 2.75) is 33.2 Å². The number of aryl methyl sites for hydroxylation is 1. The Hall–Kier alpha value is -3.19. The number of carbonyl (C=O) groups excluding carboxylic acids is 2. The number of anilines is 1. The van der Waals surface area contributed by atoms with E-state index >= 15 is 0 Å². The molecule has 0 aliphatic heterocycles. The van der Waals surface area contributed by atoms with E-state index in [4.69, 9.17) is 11.6 Å². The molecule has 0 spiro atoms. The lowest BCUT2D eigenvalue weighted by atomic mass is 10.1. The first-order valence-corrected chi connectivity index (χ1v) is 9.44. The largest absolute Gasteiger partial charge is 0.347 e. The van der Waals surface area contributed by atoms with Gasteiger partial charge < -0.3 is 10.6 Å². The molecule has 8 heteroatoms. The number of nitrogens with zero attached hydrogens (tertiary/aromatic N) is 3. The molecule has 0 saturated heterocycles. The van der Waals surface area contributed by atoms with Gasteiger partial charge in [0.25, 0.3) is 11.8 Å². The van der Waals surface area contributed by atoms with Gasteiger partial charge in [-0.15, -0.1) is 5.10 Å². The highest BCUT2D eigenvalue weighted by Gasteiger charge is 2.18. The smallest absolute Gasteiger partial charge is 0.278 e. The zero-order valence-corrected chi connectivity index (χ0v) is 17.4. The van der Waals surface area contributed by atoms with Crippen LogP contribution in [-0.4, -0.2) is 32.3 Å². The van der Waals surface area contributed by atoms with Crippen LogP contribution in [-0.2, 0) is 0 Å². The topological polar surface area (TPSA) is 88.9 Å². The van der Waals surface area contributed by atoms with Crippen LogP contribution in [0.25, 0.3) is 5.69 Å². The van der Waals surface area contributed by atoms with Gasteiger partial charge in [-0.1, -0.05) is 23.7 Å². The molecule has 0 unspecified atom stereocenters. The van der Waals surface area contributed by atoms with E-state index in [9.17, 15) is 9.59 Å². The van der Waals surface area contributed by atoms with Crippen molar-refractivity contribution in [3.05, 3.63) is 70.5 Å². The van der Waals surface area contributed by atoms with Crippen LogP contribution in [0.15, 0.2) is 48.5 Å². The van der Waals surface area contributed by atoms with Crippen molar-refractivity contribution >= 4 is 29.1 Å². The van der Waals surface area contributed by atoms with Crippen molar-refractivity contribution in [2.24, 2.45) is 0 Å². The number of hydrogen-bond donors (Lipinski definition) is 2. The van der Waals surface area contributed by atoms with Crippen LogP contribution in [0.4, 0.5) is 5.69 Å². The number of aromatic nitrogens is 3. The fraction of sp³-hybridized carbons (Fsp3) is 0.238. The van der Waals surface area contributed by atoms with Gasteiger partial charge in [-0.05, 0) is 64.1 Å². The van der Waals surface area contributed by atoms with E-state index in [1.165, 1.54) is 4.80 Å². The number of carbonyl (C=O) groups is 2. The summed E-state index contributed by atoms with van der Waals surface area (Å²) < 4.78 is 0. The summed E-state index contributed by atoms with van der Waals surface area (Å²) in [4.78, 5) is 26.4. The second kappa shape index (κ2) is 8.05. The van der Waals surface area contributed by atoms with Crippen LogP contribution in [0.2, 0.25) is 5.02 Å². The van der Waals surface area contributed by atoms with Crippen LogP contribution < -0.4 is 10.6 Å². The number of rotatable bonds is 4. The molecular weight excluding hydrogens is 390 g/mol. The maximum absolute atomic E-state index is 12.7. The summed E-state index contributed by atoms with van der Waals surface area (Å²) in [6, 6.07) is 13.8. The monoisotopic (exact) mass is 411 g/mol. The van der Waals surface area contributed by atoms with Crippen molar-refractivity contribution in [2.75, 3.05) is 5.32 Å². The molecule has 0 bridgehead atoms. The summed E-state index contributed by atoms with van der Waals surface area (Å²) in [5.74, 6) is -0.624. The molecule has 0 saturated carbocycles. The Morgan fingerprint density at radius 2 is 1.72 bits per heavy atom. The molecule has 3 aromatic rings. The SMILES string of the molecule is Cc1nn(-c2cccc(Cl)c2)nc1C(=O)Nc1cccc(C(=O)NC(C)(C)C)c1. The number of amides is 2. The normalized spacial score (nSPS) is 11.2. The number of halogens is 1. The van der Waals surface area contributed by atoms with Gasteiger partial charge >= 0.3 is 0 Å². The molecule has 2 aromatic carbocycles. The van der Waals surface area contributed by atoms with E-state index in [0.717, 1.165) is 0 Å². The Kier molecular flexibility index (Phi) is 5.70. The lowest BCUT2D eigenvalue weighted by molar-refractivity contribution is 0.0918. The lowest BCUT2D eigenvalue weighted by Gasteiger charge is -2.20. The van der Waals surface area contributed by atoms with Crippen molar-refractivity contribution < 1.29 is 9.59 Å². The molecule has 150 valence electrons. The van der Waals surface area contributed by atoms with Gasteiger partial charge in [-0.25, -0.2) is 0 Å². The van der Waals surface area contributed by atoms with Gasteiger partial charge in [0.05, 0.1) is 11.4 Å². The second-order valence-corrected chi connectivity index (χ2v) is 8.08. The van der Waals surface area contributed by atoms with Crippen molar-refractivity contribution in [1.29, 1.82) is 0 Å². The Morgan fingerprint density at radius 3 is 2.41 bits per heavy atom. The van der Waals surface area contributed by atoms with E-state index in [0.29, 0.717) is 27.7 Å². The first-order valence-electron chi connectivity index (χ1n) is 9.06. The fourth-order valence-corrected chi connectivity index (χ4v) is 2.83. The van der Waals surface area contributed by atoms with Gasteiger partial charge in [0.15, 0.2) is 5.69 Å². The van der Waals surface area contributed by atoms with Crippen molar-refractivity contribution in [3.63, 3.8) is 0 Å². The van der Waals surface area contributed by atoms with Crippen LogP contribution in [0.5, 0.6) is 0 Å². The predicted molar refractivity (Wildman–Crippen MR) is 113 cm³/mol. The van der Waals surface area contributed by atoms with E-state index < -0.39 is 5.91 Å². The third kappa shape index (κ3) is 5.20. The molecule has 1 heterocycles. The first-order chi connectivity index (χ1) is 13.6. The summed E-state index contributed by atoms with van der Waals surface area (Å²) >= 11 is 6.01. The molecule has 1 aromatic heterocycles. The molecule has 0 atom stereocenters. The van der Waals surface area contributed by atoms with Crippen molar-refractivity contribution in [3.8, 4) is 5.69 Å². The summed E-state index contributed by atoms with van der Waals surface area (Å²) in [5.41, 5.74) is 1.91. The number of nitrogens with one attached hydrogen (secondary N) is 2. The van der Waals surface area contributed by atoms with Crippen LogP contribution in [0.3, 0.4) is 0 Å². The van der Waals surface area contributed by atoms with Crippen LogP contribution in [0.1, 0.15) is 47.3 Å². The van der Waals surface area contributed by atoms with Crippen molar-refractivity contribution in [1.82, 2.24) is 20.3 Å². The summed E-state index contributed by atoms with van der Waals surface area (Å²) in [5, 5.41) is 14.8. The highest BCUT2D eigenvalue weighted by atomic mass is 35.5. The Morgan fingerprint density at radius 1 is 1.00 bits per heavy atom. The standard InChI is InChI=1S/C21H22ClN5O2/c1-13-18(26-27(25-13)17-10-6-8-15(22)12-17)20(29)23-16-9-5-7-14(11-16)19(28)24-21(2,3)4/h5-12H,1-4H3,(H,23,29)(H,24,28). The second-order valence-electron chi connectivity index (χ2n) is 7.64. The zero-order valence-electron chi connectivity index (χ0n) is 16.7.